The van der Waals surface area contributed by atoms with E-state index in [2.05, 4.69) is 20.9 Å². The van der Waals surface area contributed by atoms with Crippen molar-refractivity contribution in [2.24, 2.45) is 0 Å². The molecular weight excluding hydrogens is 324 g/mol. The largest absolute Gasteiger partial charge is 0.444 e. The number of aromatic nitrogens is 1. The normalized spacial score (nSPS) is 12.9. The number of hydrogen-bond donors (Lipinski definition) is 0. The van der Waals surface area contributed by atoms with Gasteiger partial charge in [-0.15, -0.1) is 0 Å². The topological polar surface area (TPSA) is 51.7 Å². The summed E-state index contributed by atoms with van der Waals surface area (Å²) >= 11 is 3.40. The maximum absolute atomic E-state index is 12.1. The van der Waals surface area contributed by atoms with Crippen LogP contribution in [0.15, 0.2) is 22.8 Å². The Morgan fingerprint density at radius 3 is 2.65 bits per heavy atom. The molecule has 1 atom stereocenters. The lowest BCUT2D eigenvalue weighted by molar-refractivity contribution is 0.0120. The highest BCUT2D eigenvalue weighted by molar-refractivity contribution is 9.10. The molecule has 1 aromatic rings. The van der Waals surface area contributed by atoms with Gasteiger partial charge in [0.25, 0.3) is 0 Å². The molecule has 0 spiro atoms. The maximum atomic E-state index is 12.1. The molecule has 1 rings (SSSR count). The van der Waals surface area contributed by atoms with Crippen molar-refractivity contribution in [1.82, 2.24) is 9.88 Å². The summed E-state index contributed by atoms with van der Waals surface area (Å²) in [6, 6.07) is 3.40. The van der Waals surface area contributed by atoms with Crippen molar-refractivity contribution in [2.75, 3.05) is 20.8 Å². The molecule has 0 aromatic carbocycles. The van der Waals surface area contributed by atoms with Crippen LogP contribution in [0, 0.1) is 0 Å². The number of hydrogen-bond acceptors (Lipinski definition) is 4. The van der Waals surface area contributed by atoms with Crippen molar-refractivity contribution in [1.29, 1.82) is 0 Å². The third-order valence-corrected chi connectivity index (χ3v) is 3.05. The van der Waals surface area contributed by atoms with E-state index in [-0.39, 0.29) is 6.04 Å². The number of ether oxygens (including phenoxy) is 2. The van der Waals surface area contributed by atoms with Crippen molar-refractivity contribution < 1.29 is 14.3 Å². The van der Waals surface area contributed by atoms with E-state index in [0.29, 0.717) is 6.61 Å². The van der Waals surface area contributed by atoms with E-state index in [4.69, 9.17) is 9.47 Å². The Labute approximate surface area is 128 Å². The van der Waals surface area contributed by atoms with E-state index in [1.807, 2.05) is 32.9 Å². The van der Waals surface area contributed by atoms with Gasteiger partial charge in [0, 0.05) is 24.8 Å². The molecule has 0 aliphatic carbocycles. The number of likely N-dealkylation sites (N-methyl/N-ethyl adjacent to an activating group) is 1. The smallest absolute Gasteiger partial charge is 0.410 e. The van der Waals surface area contributed by atoms with Crippen LogP contribution in [-0.2, 0) is 9.47 Å². The van der Waals surface area contributed by atoms with Gasteiger partial charge in [-0.1, -0.05) is 15.9 Å². The van der Waals surface area contributed by atoms with Gasteiger partial charge in [-0.2, -0.15) is 0 Å². The first-order valence-corrected chi connectivity index (χ1v) is 7.10. The van der Waals surface area contributed by atoms with Gasteiger partial charge in [-0.3, -0.25) is 4.98 Å². The minimum Gasteiger partial charge on any atom is -0.444 e. The summed E-state index contributed by atoms with van der Waals surface area (Å²) in [5.41, 5.74) is 0.211. The molecular formula is C14H21BrN2O3. The van der Waals surface area contributed by atoms with Crippen molar-refractivity contribution in [3.63, 3.8) is 0 Å². The number of carbonyl (C=O) groups is 1. The number of pyridine rings is 1. The summed E-state index contributed by atoms with van der Waals surface area (Å²) in [5.74, 6) is 0. The van der Waals surface area contributed by atoms with E-state index < -0.39 is 11.7 Å². The van der Waals surface area contributed by atoms with E-state index in [9.17, 15) is 4.79 Å². The summed E-state index contributed by atoms with van der Waals surface area (Å²) in [4.78, 5) is 17.9. The molecule has 0 saturated carbocycles. The molecule has 1 aromatic heterocycles. The molecule has 0 N–H and O–H groups in total. The lowest BCUT2D eigenvalue weighted by Crippen LogP contribution is -2.38. The molecule has 112 valence electrons. The fraction of sp³-hybridized carbons (Fsp3) is 0.571. The summed E-state index contributed by atoms with van der Waals surface area (Å²) in [5, 5.41) is 0. The van der Waals surface area contributed by atoms with Crippen LogP contribution in [0.3, 0.4) is 0 Å². The first-order valence-electron chi connectivity index (χ1n) is 6.31. The van der Waals surface area contributed by atoms with Crippen LogP contribution in [0.2, 0.25) is 0 Å². The monoisotopic (exact) mass is 344 g/mol. The third-order valence-electron chi connectivity index (χ3n) is 2.56. The highest BCUT2D eigenvalue weighted by Gasteiger charge is 2.27. The highest BCUT2D eigenvalue weighted by Crippen LogP contribution is 2.22. The van der Waals surface area contributed by atoms with Crippen molar-refractivity contribution in [2.45, 2.75) is 32.4 Å². The van der Waals surface area contributed by atoms with Crippen LogP contribution < -0.4 is 0 Å². The Morgan fingerprint density at radius 2 is 2.15 bits per heavy atom. The zero-order valence-corrected chi connectivity index (χ0v) is 14.1. The Balaban J connectivity index is 2.93. The first kappa shape index (κ1) is 16.9. The van der Waals surface area contributed by atoms with Crippen LogP contribution in [0.5, 0.6) is 0 Å². The summed E-state index contributed by atoms with van der Waals surface area (Å²) < 4.78 is 11.5. The molecule has 0 aliphatic rings. The molecule has 0 fully saturated rings. The molecule has 1 heterocycles. The predicted molar refractivity (Wildman–Crippen MR) is 80.6 cm³/mol. The van der Waals surface area contributed by atoms with Crippen LogP contribution in [0.4, 0.5) is 4.79 Å². The van der Waals surface area contributed by atoms with Crippen LogP contribution in [0.1, 0.15) is 32.5 Å². The first-order chi connectivity index (χ1) is 9.24. The van der Waals surface area contributed by atoms with E-state index in [0.717, 1.165) is 10.2 Å². The minimum atomic E-state index is -0.534. The Bertz CT molecular complexity index is 460. The summed E-state index contributed by atoms with van der Waals surface area (Å²) in [7, 11) is 3.27. The summed E-state index contributed by atoms with van der Waals surface area (Å²) in [6.07, 6.45) is 1.28. The zero-order chi connectivity index (χ0) is 15.3. The quantitative estimate of drug-likeness (QED) is 0.839. The van der Waals surface area contributed by atoms with E-state index in [1.165, 1.54) is 4.90 Å². The number of rotatable bonds is 4. The fourth-order valence-corrected chi connectivity index (χ4v) is 1.97. The second-order valence-corrected chi connectivity index (χ2v) is 6.38. The molecule has 6 heteroatoms. The van der Waals surface area contributed by atoms with Gasteiger partial charge in [0.05, 0.1) is 12.3 Å². The standard InChI is InChI=1S/C14H21BrN2O3/c1-14(2,3)20-13(18)17(4)12(9-19-5)11-8-10(15)6-7-16-11/h6-8,12H,9H2,1-5H3/t12-/m0/s1. The van der Waals surface area contributed by atoms with Gasteiger partial charge in [-0.05, 0) is 32.9 Å². The maximum Gasteiger partial charge on any atom is 0.410 e. The minimum absolute atomic E-state index is 0.299. The lowest BCUT2D eigenvalue weighted by atomic mass is 10.1. The zero-order valence-electron chi connectivity index (χ0n) is 12.5. The van der Waals surface area contributed by atoms with Crippen molar-refractivity contribution in [3.8, 4) is 0 Å². The van der Waals surface area contributed by atoms with Crippen LogP contribution >= 0.6 is 15.9 Å². The average Bonchev–Trinajstić information content (AvgIpc) is 2.33. The molecule has 0 unspecified atom stereocenters. The molecule has 5 nitrogen and oxygen atoms in total. The number of methoxy groups -OCH3 is 1. The molecule has 0 aliphatic heterocycles. The Hall–Kier alpha value is -1.14. The van der Waals surface area contributed by atoms with Crippen molar-refractivity contribution in [3.05, 3.63) is 28.5 Å². The highest BCUT2D eigenvalue weighted by atomic mass is 79.9. The van der Waals surface area contributed by atoms with Gasteiger partial charge < -0.3 is 14.4 Å². The average molecular weight is 345 g/mol. The number of nitrogens with zero attached hydrogens (tertiary/aromatic N) is 2. The molecule has 0 radical (unpaired) electrons. The van der Waals surface area contributed by atoms with Gasteiger partial charge >= 0.3 is 6.09 Å². The second-order valence-electron chi connectivity index (χ2n) is 5.46. The number of carbonyl (C=O) groups excluding carboxylic acids is 1. The summed E-state index contributed by atoms with van der Waals surface area (Å²) in [6.45, 7) is 5.85. The SMILES string of the molecule is COC[C@@H](c1cc(Br)ccn1)N(C)C(=O)OC(C)(C)C. The van der Waals surface area contributed by atoms with Gasteiger partial charge in [0.15, 0.2) is 0 Å². The molecule has 1 amide bonds. The Kier molecular flexibility index (Phi) is 5.95. The van der Waals surface area contributed by atoms with Crippen LogP contribution in [0.25, 0.3) is 0 Å². The molecule has 0 saturated heterocycles. The Morgan fingerprint density at radius 1 is 1.50 bits per heavy atom. The predicted octanol–water partition coefficient (Wildman–Crippen LogP) is 3.40. The van der Waals surface area contributed by atoms with Gasteiger partial charge in [0.1, 0.15) is 11.6 Å². The fourth-order valence-electron chi connectivity index (χ4n) is 1.62. The van der Waals surface area contributed by atoms with Crippen LogP contribution in [-0.4, -0.2) is 42.3 Å². The van der Waals surface area contributed by atoms with Gasteiger partial charge in [-0.25, -0.2) is 4.79 Å². The van der Waals surface area contributed by atoms with Crippen molar-refractivity contribution >= 4 is 22.0 Å². The molecule has 20 heavy (non-hydrogen) atoms. The van der Waals surface area contributed by atoms with E-state index >= 15 is 0 Å². The second kappa shape index (κ2) is 7.04. The number of halogens is 1. The van der Waals surface area contributed by atoms with Gasteiger partial charge in [0.2, 0.25) is 0 Å². The molecule has 0 bridgehead atoms. The number of amides is 1. The lowest BCUT2D eigenvalue weighted by Gasteiger charge is -2.30. The third kappa shape index (κ3) is 5.09. The van der Waals surface area contributed by atoms with E-state index in [1.54, 1.807) is 20.4 Å².